The third kappa shape index (κ3) is 1.69. The lowest BCUT2D eigenvalue weighted by Gasteiger charge is -2.18. The highest BCUT2D eigenvalue weighted by atomic mass is 15.0. The molecule has 0 saturated heterocycles. The standard InChI is InChI=1S/C21H20N2/c1-14-7-8-17-15(2)20-18-6-3-5-16-9-12-22(21(16)18)10-4-11-23(20)19(17)13-14/h3,5-9,12-13H,4,10-11H2,1-2H3. The number of aromatic nitrogens is 2. The smallest absolute Gasteiger partial charge is 0.0575 e. The van der Waals surface area contributed by atoms with Gasteiger partial charge in [-0.25, -0.2) is 0 Å². The van der Waals surface area contributed by atoms with Crippen LogP contribution in [-0.4, -0.2) is 9.13 Å². The van der Waals surface area contributed by atoms with Gasteiger partial charge < -0.3 is 9.13 Å². The van der Waals surface area contributed by atoms with Crippen molar-refractivity contribution in [2.24, 2.45) is 0 Å². The van der Waals surface area contributed by atoms with E-state index in [1.165, 1.54) is 50.6 Å². The molecule has 1 aliphatic rings. The molecule has 0 radical (unpaired) electrons. The van der Waals surface area contributed by atoms with Gasteiger partial charge in [0.2, 0.25) is 0 Å². The van der Waals surface area contributed by atoms with Crippen LogP contribution in [0.25, 0.3) is 33.1 Å². The molecular weight excluding hydrogens is 280 g/mol. The zero-order valence-corrected chi connectivity index (χ0v) is 13.6. The summed E-state index contributed by atoms with van der Waals surface area (Å²) in [5.41, 5.74) is 8.28. The molecule has 0 amide bonds. The first-order valence-electron chi connectivity index (χ1n) is 8.42. The van der Waals surface area contributed by atoms with E-state index in [1.807, 2.05) is 0 Å². The highest BCUT2D eigenvalue weighted by Gasteiger charge is 2.20. The van der Waals surface area contributed by atoms with Crippen molar-refractivity contribution < 1.29 is 0 Å². The van der Waals surface area contributed by atoms with Crippen molar-refractivity contribution in [1.29, 1.82) is 0 Å². The SMILES string of the molecule is Cc1ccc2c(C)c3n(c2c1)CCCn1ccc2cccc-3c21. The molecule has 0 saturated carbocycles. The van der Waals surface area contributed by atoms with Crippen LogP contribution in [0.4, 0.5) is 0 Å². The van der Waals surface area contributed by atoms with Crippen molar-refractivity contribution in [2.45, 2.75) is 33.4 Å². The van der Waals surface area contributed by atoms with E-state index < -0.39 is 0 Å². The van der Waals surface area contributed by atoms with Crippen molar-refractivity contribution in [3.05, 3.63) is 59.8 Å². The number of hydrogen-bond donors (Lipinski definition) is 0. The lowest BCUT2D eigenvalue weighted by molar-refractivity contribution is 0.581. The number of hydrogen-bond acceptors (Lipinski definition) is 0. The molecule has 0 bridgehead atoms. The number of nitrogens with zero attached hydrogens (tertiary/aromatic N) is 2. The van der Waals surface area contributed by atoms with Crippen molar-refractivity contribution in [2.75, 3.05) is 0 Å². The molecule has 1 aliphatic heterocycles. The van der Waals surface area contributed by atoms with Gasteiger partial charge in [0, 0.05) is 41.1 Å². The Morgan fingerprint density at radius 2 is 1.87 bits per heavy atom. The second-order valence-electron chi connectivity index (χ2n) is 6.75. The maximum absolute atomic E-state index is 2.54. The second kappa shape index (κ2) is 4.51. The number of fused-ring (bicyclic) bond motifs is 4. The first kappa shape index (κ1) is 13.0. The van der Waals surface area contributed by atoms with Crippen molar-refractivity contribution >= 4 is 21.8 Å². The average molecular weight is 300 g/mol. The molecule has 0 fully saturated rings. The minimum atomic E-state index is 1.08. The molecular formula is C21H20N2. The van der Waals surface area contributed by atoms with Crippen LogP contribution >= 0.6 is 0 Å². The average Bonchev–Trinajstić information content (AvgIpc) is 3.05. The molecule has 5 rings (SSSR count). The van der Waals surface area contributed by atoms with Crippen LogP contribution in [0.2, 0.25) is 0 Å². The molecule has 114 valence electrons. The zero-order valence-electron chi connectivity index (χ0n) is 13.6. The molecule has 0 unspecified atom stereocenters. The Labute approximate surface area is 136 Å². The van der Waals surface area contributed by atoms with Crippen LogP contribution in [0.15, 0.2) is 48.7 Å². The monoisotopic (exact) mass is 300 g/mol. The Morgan fingerprint density at radius 3 is 2.78 bits per heavy atom. The quantitative estimate of drug-likeness (QED) is 0.418. The van der Waals surface area contributed by atoms with Gasteiger partial charge in [-0.15, -0.1) is 0 Å². The van der Waals surface area contributed by atoms with Gasteiger partial charge in [0.05, 0.1) is 11.2 Å². The molecule has 2 heteroatoms. The van der Waals surface area contributed by atoms with E-state index in [9.17, 15) is 0 Å². The van der Waals surface area contributed by atoms with Crippen LogP contribution < -0.4 is 0 Å². The fourth-order valence-corrected chi connectivity index (χ4v) is 4.25. The first-order valence-corrected chi connectivity index (χ1v) is 8.42. The molecule has 2 aromatic carbocycles. The van der Waals surface area contributed by atoms with E-state index in [1.54, 1.807) is 0 Å². The fraction of sp³-hybridized carbons (Fsp3) is 0.238. The van der Waals surface area contributed by atoms with Gasteiger partial charge in [-0.05, 0) is 43.5 Å². The summed E-state index contributed by atoms with van der Waals surface area (Å²) in [6.07, 6.45) is 3.41. The third-order valence-corrected chi connectivity index (χ3v) is 5.30. The Bertz CT molecular complexity index is 1060. The van der Waals surface area contributed by atoms with E-state index in [0.717, 1.165) is 13.1 Å². The summed E-state index contributed by atoms with van der Waals surface area (Å²) >= 11 is 0. The van der Waals surface area contributed by atoms with Gasteiger partial charge in [0.1, 0.15) is 0 Å². The van der Waals surface area contributed by atoms with E-state index in [2.05, 4.69) is 71.6 Å². The van der Waals surface area contributed by atoms with Crippen molar-refractivity contribution in [3.63, 3.8) is 0 Å². The normalized spacial score (nSPS) is 14.0. The molecule has 0 N–H and O–H groups in total. The fourth-order valence-electron chi connectivity index (χ4n) is 4.25. The Morgan fingerprint density at radius 1 is 0.957 bits per heavy atom. The predicted molar refractivity (Wildman–Crippen MR) is 97.0 cm³/mol. The van der Waals surface area contributed by atoms with E-state index in [4.69, 9.17) is 0 Å². The number of para-hydroxylation sites is 1. The zero-order chi connectivity index (χ0) is 15.6. The molecule has 2 nitrogen and oxygen atoms in total. The summed E-state index contributed by atoms with van der Waals surface area (Å²) in [4.78, 5) is 0. The molecule has 23 heavy (non-hydrogen) atoms. The number of aryl methyl sites for hydroxylation is 4. The van der Waals surface area contributed by atoms with Crippen LogP contribution in [0.5, 0.6) is 0 Å². The summed E-state index contributed by atoms with van der Waals surface area (Å²) in [5.74, 6) is 0. The summed E-state index contributed by atoms with van der Waals surface area (Å²) in [6, 6.07) is 15.8. The Hall–Kier alpha value is -2.48. The minimum Gasteiger partial charge on any atom is -0.347 e. The highest BCUT2D eigenvalue weighted by Crippen LogP contribution is 2.38. The van der Waals surface area contributed by atoms with Gasteiger partial charge in [0.15, 0.2) is 0 Å². The predicted octanol–water partition coefficient (Wildman–Crippen LogP) is 5.28. The van der Waals surface area contributed by atoms with Crippen molar-refractivity contribution in [3.8, 4) is 11.3 Å². The first-order chi connectivity index (χ1) is 11.2. The molecule has 4 aromatic rings. The molecule has 0 aliphatic carbocycles. The maximum atomic E-state index is 2.54. The van der Waals surface area contributed by atoms with Crippen LogP contribution in [-0.2, 0) is 13.1 Å². The Kier molecular flexibility index (Phi) is 2.55. The minimum absolute atomic E-state index is 1.08. The summed E-state index contributed by atoms with van der Waals surface area (Å²) in [6.45, 7) is 6.63. The largest absolute Gasteiger partial charge is 0.347 e. The maximum Gasteiger partial charge on any atom is 0.0575 e. The van der Waals surface area contributed by atoms with Gasteiger partial charge in [-0.3, -0.25) is 0 Å². The summed E-state index contributed by atoms with van der Waals surface area (Å²) in [5, 5.41) is 2.74. The van der Waals surface area contributed by atoms with Gasteiger partial charge in [-0.1, -0.05) is 30.3 Å². The summed E-state index contributed by atoms with van der Waals surface area (Å²) in [7, 11) is 0. The molecule has 2 aromatic heterocycles. The van der Waals surface area contributed by atoms with Gasteiger partial charge in [0.25, 0.3) is 0 Å². The summed E-state index contributed by atoms with van der Waals surface area (Å²) < 4.78 is 4.97. The van der Waals surface area contributed by atoms with Gasteiger partial charge >= 0.3 is 0 Å². The Balaban J connectivity index is 1.98. The van der Waals surface area contributed by atoms with Gasteiger partial charge in [-0.2, -0.15) is 0 Å². The molecule has 3 heterocycles. The van der Waals surface area contributed by atoms with E-state index in [-0.39, 0.29) is 0 Å². The third-order valence-electron chi connectivity index (χ3n) is 5.30. The lowest BCUT2D eigenvalue weighted by atomic mass is 10.0. The molecule has 0 spiro atoms. The van der Waals surface area contributed by atoms with Crippen LogP contribution in [0.1, 0.15) is 17.5 Å². The number of benzene rings is 2. The van der Waals surface area contributed by atoms with Crippen molar-refractivity contribution in [1.82, 2.24) is 9.13 Å². The second-order valence-corrected chi connectivity index (χ2v) is 6.75. The number of rotatable bonds is 0. The topological polar surface area (TPSA) is 9.86 Å². The van der Waals surface area contributed by atoms with E-state index >= 15 is 0 Å². The van der Waals surface area contributed by atoms with Crippen LogP contribution in [0, 0.1) is 13.8 Å². The van der Waals surface area contributed by atoms with Crippen LogP contribution in [0.3, 0.4) is 0 Å². The van der Waals surface area contributed by atoms with E-state index in [0.29, 0.717) is 0 Å². The lowest BCUT2D eigenvalue weighted by Crippen LogP contribution is -2.09. The highest BCUT2D eigenvalue weighted by molar-refractivity contribution is 6.00. The molecule has 0 atom stereocenters.